The largest absolute Gasteiger partial charge is 0.490 e. The Bertz CT molecular complexity index is 407. The fourth-order valence-corrected chi connectivity index (χ4v) is 1.49. The molecule has 0 saturated carbocycles. The topological polar surface area (TPSA) is 53.2 Å². The van der Waals surface area contributed by atoms with Crippen LogP contribution in [0.3, 0.4) is 0 Å². The van der Waals surface area contributed by atoms with Gasteiger partial charge in [-0.15, -0.1) is 0 Å². The molecule has 1 atom stereocenters. The molecule has 0 fully saturated rings. The molecule has 0 heterocycles. The Morgan fingerprint density at radius 3 is 2.56 bits per heavy atom. The molecule has 0 aliphatic carbocycles. The maximum Gasteiger partial charge on any atom is 0.125 e. The zero-order valence-electron chi connectivity index (χ0n) is 9.95. The summed E-state index contributed by atoms with van der Waals surface area (Å²) in [6.45, 7) is 6.15. The summed E-state index contributed by atoms with van der Waals surface area (Å²) >= 11 is 0. The highest BCUT2D eigenvalue weighted by Crippen LogP contribution is 2.25. The van der Waals surface area contributed by atoms with E-state index in [9.17, 15) is 5.11 Å². The highest BCUT2D eigenvalue weighted by atomic mass is 16.5. The smallest absolute Gasteiger partial charge is 0.125 e. The van der Waals surface area contributed by atoms with Crippen LogP contribution in [0.25, 0.3) is 0 Å². The molecule has 3 nitrogen and oxygen atoms in total. The van der Waals surface area contributed by atoms with Gasteiger partial charge in [-0.3, -0.25) is 0 Å². The van der Waals surface area contributed by atoms with Gasteiger partial charge in [0.25, 0.3) is 0 Å². The average molecular weight is 219 g/mol. The van der Waals surface area contributed by atoms with Gasteiger partial charge in [0.1, 0.15) is 18.5 Å². The quantitative estimate of drug-likeness (QED) is 0.845. The third-order valence-corrected chi connectivity index (χ3v) is 2.62. The van der Waals surface area contributed by atoms with Crippen LogP contribution in [0.4, 0.5) is 0 Å². The Labute approximate surface area is 96.3 Å². The normalized spacial score (nSPS) is 11.9. The van der Waals surface area contributed by atoms with Crippen molar-refractivity contribution in [2.45, 2.75) is 33.3 Å². The van der Waals surface area contributed by atoms with Crippen molar-refractivity contribution in [1.29, 1.82) is 5.26 Å². The zero-order chi connectivity index (χ0) is 12.1. The van der Waals surface area contributed by atoms with Gasteiger partial charge < -0.3 is 9.84 Å². The first kappa shape index (κ1) is 12.5. The minimum Gasteiger partial charge on any atom is -0.490 e. The number of aliphatic hydroxyl groups excluding tert-OH is 1. The number of aliphatic hydroxyl groups is 1. The second kappa shape index (κ2) is 5.53. The summed E-state index contributed by atoms with van der Waals surface area (Å²) in [4.78, 5) is 0. The van der Waals surface area contributed by atoms with Crippen molar-refractivity contribution in [2.24, 2.45) is 0 Å². The van der Waals surface area contributed by atoms with Gasteiger partial charge in [0, 0.05) is 0 Å². The molecule has 0 aromatic heterocycles. The summed E-state index contributed by atoms with van der Waals surface area (Å²) in [6, 6.07) is 5.95. The maximum atomic E-state index is 9.41. The molecular weight excluding hydrogens is 202 g/mol. The molecular formula is C13H17NO2. The second-order valence-electron chi connectivity index (χ2n) is 3.98. The maximum absolute atomic E-state index is 9.41. The lowest BCUT2D eigenvalue weighted by Gasteiger charge is -2.15. The van der Waals surface area contributed by atoms with E-state index in [1.54, 1.807) is 0 Å². The number of aryl methyl sites for hydroxylation is 2. The van der Waals surface area contributed by atoms with E-state index in [-0.39, 0.29) is 13.0 Å². The number of benzene rings is 1. The number of rotatable bonds is 4. The average Bonchev–Trinajstić information content (AvgIpc) is 2.24. The van der Waals surface area contributed by atoms with Gasteiger partial charge in [-0.1, -0.05) is 12.1 Å². The van der Waals surface area contributed by atoms with Gasteiger partial charge in [0.05, 0.1) is 12.5 Å². The number of ether oxygens (including phenoxy) is 1. The summed E-state index contributed by atoms with van der Waals surface area (Å²) < 4.78 is 5.56. The molecule has 0 amide bonds. The molecule has 0 aliphatic heterocycles. The Hall–Kier alpha value is -1.53. The predicted octanol–water partition coefficient (Wildman–Crippen LogP) is 2.27. The number of hydrogen-bond acceptors (Lipinski definition) is 3. The van der Waals surface area contributed by atoms with Gasteiger partial charge in [-0.2, -0.15) is 5.26 Å². The van der Waals surface area contributed by atoms with Crippen molar-refractivity contribution < 1.29 is 9.84 Å². The Morgan fingerprint density at radius 1 is 1.31 bits per heavy atom. The summed E-state index contributed by atoms with van der Waals surface area (Å²) in [6.07, 6.45) is -0.617. The molecule has 1 unspecified atom stereocenters. The summed E-state index contributed by atoms with van der Waals surface area (Å²) in [5.41, 5.74) is 3.30. The van der Waals surface area contributed by atoms with Crippen LogP contribution in [0.15, 0.2) is 12.1 Å². The number of hydrogen-bond donors (Lipinski definition) is 1. The first-order valence-corrected chi connectivity index (χ1v) is 5.31. The van der Waals surface area contributed by atoms with Gasteiger partial charge in [-0.05, 0) is 37.5 Å². The van der Waals surface area contributed by atoms with Crippen LogP contribution in [0.2, 0.25) is 0 Å². The van der Waals surface area contributed by atoms with Crippen LogP contribution in [0, 0.1) is 32.1 Å². The van der Waals surface area contributed by atoms with Gasteiger partial charge >= 0.3 is 0 Å². The highest BCUT2D eigenvalue weighted by molar-refractivity contribution is 5.44. The SMILES string of the molecule is Cc1ccc(C)c(OCC(O)CC#N)c1C. The molecule has 86 valence electrons. The minimum atomic E-state index is -0.718. The molecule has 1 rings (SSSR count). The highest BCUT2D eigenvalue weighted by Gasteiger charge is 2.09. The fraction of sp³-hybridized carbons (Fsp3) is 0.462. The van der Waals surface area contributed by atoms with E-state index in [4.69, 9.17) is 10.00 Å². The monoisotopic (exact) mass is 219 g/mol. The molecule has 1 aromatic rings. The first-order valence-electron chi connectivity index (χ1n) is 5.31. The van der Waals surface area contributed by atoms with E-state index in [1.165, 1.54) is 0 Å². The Morgan fingerprint density at radius 2 is 1.94 bits per heavy atom. The first-order chi connectivity index (χ1) is 7.56. The molecule has 16 heavy (non-hydrogen) atoms. The van der Waals surface area contributed by atoms with Crippen LogP contribution in [0.1, 0.15) is 23.1 Å². The van der Waals surface area contributed by atoms with E-state index >= 15 is 0 Å². The molecule has 1 N–H and O–H groups in total. The summed E-state index contributed by atoms with van der Waals surface area (Å²) in [5, 5.41) is 17.8. The third-order valence-electron chi connectivity index (χ3n) is 2.62. The van der Waals surface area contributed by atoms with Crippen molar-refractivity contribution in [2.75, 3.05) is 6.61 Å². The van der Waals surface area contributed by atoms with E-state index in [1.807, 2.05) is 39.0 Å². The fourth-order valence-electron chi connectivity index (χ4n) is 1.49. The van der Waals surface area contributed by atoms with Crippen molar-refractivity contribution >= 4 is 0 Å². The van der Waals surface area contributed by atoms with E-state index in [0.717, 1.165) is 22.4 Å². The van der Waals surface area contributed by atoms with Gasteiger partial charge in [0.15, 0.2) is 0 Å². The molecule has 0 bridgehead atoms. The van der Waals surface area contributed by atoms with Crippen LogP contribution < -0.4 is 4.74 Å². The molecule has 0 spiro atoms. The van der Waals surface area contributed by atoms with Crippen molar-refractivity contribution in [1.82, 2.24) is 0 Å². The minimum absolute atomic E-state index is 0.101. The molecule has 0 radical (unpaired) electrons. The standard InChI is InChI=1S/C13H17NO2/c1-9-4-5-10(2)13(11(9)3)16-8-12(15)6-7-14/h4-5,12,15H,6,8H2,1-3H3. The zero-order valence-corrected chi connectivity index (χ0v) is 9.95. The van der Waals surface area contributed by atoms with Crippen molar-refractivity contribution in [3.63, 3.8) is 0 Å². The molecule has 1 aromatic carbocycles. The molecule has 3 heteroatoms. The summed E-state index contributed by atoms with van der Waals surface area (Å²) in [5.74, 6) is 0.817. The van der Waals surface area contributed by atoms with Crippen molar-refractivity contribution in [3.05, 3.63) is 28.8 Å². The molecule has 0 aliphatic rings. The second-order valence-corrected chi connectivity index (χ2v) is 3.98. The van der Waals surface area contributed by atoms with Crippen LogP contribution >= 0.6 is 0 Å². The van der Waals surface area contributed by atoms with E-state index in [2.05, 4.69) is 0 Å². The predicted molar refractivity (Wildman–Crippen MR) is 62.4 cm³/mol. The van der Waals surface area contributed by atoms with Crippen LogP contribution in [-0.4, -0.2) is 17.8 Å². The lowest BCUT2D eigenvalue weighted by atomic mass is 10.1. The molecule has 0 saturated heterocycles. The lowest BCUT2D eigenvalue weighted by Crippen LogP contribution is -2.17. The Kier molecular flexibility index (Phi) is 4.33. The van der Waals surface area contributed by atoms with Gasteiger partial charge in [-0.25, -0.2) is 0 Å². The van der Waals surface area contributed by atoms with Gasteiger partial charge in [0.2, 0.25) is 0 Å². The van der Waals surface area contributed by atoms with E-state index < -0.39 is 6.10 Å². The van der Waals surface area contributed by atoms with Crippen molar-refractivity contribution in [3.8, 4) is 11.8 Å². The van der Waals surface area contributed by atoms with Crippen LogP contribution in [0.5, 0.6) is 5.75 Å². The summed E-state index contributed by atoms with van der Waals surface area (Å²) in [7, 11) is 0. The third kappa shape index (κ3) is 2.98. The Balaban J connectivity index is 2.74. The van der Waals surface area contributed by atoms with E-state index in [0.29, 0.717) is 0 Å². The lowest BCUT2D eigenvalue weighted by molar-refractivity contribution is 0.110. The number of nitriles is 1. The van der Waals surface area contributed by atoms with Crippen LogP contribution in [-0.2, 0) is 0 Å². The number of nitrogens with zero attached hydrogens (tertiary/aromatic N) is 1.